The standard InChI is InChI=1S/C21H28O4/c1-4-6-10-13-21(5-2)16(3)18(25-20(21)23)14-19(22)24-15-17-11-8-7-9-12-17/h7-9,11-12,18H,3-6,10,13-15H2,1-2H3/t18-,21?/m0/s1. The minimum Gasteiger partial charge on any atom is -0.461 e. The fourth-order valence-corrected chi connectivity index (χ4v) is 3.35. The molecule has 0 saturated carbocycles. The van der Waals surface area contributed by atoms with E-state index in [4.69, 9.17) is 9.47 Å². The van der Waals surface area contributed by atoms with E-state index in [1.54, 1.807) is 0 Å². The van der Waals surface area contributed by atoms with E-state index in [1.807, 2.05) is 37.3 Å². The number of unbranched alkanes of at least 4 members (excludes halogenated alkanes) is 2. The molecule has 1 aromatic carbocycles. The van der Waals surface area contributed by atoms with Crippen LogP contribution in [0.5, 0.6) is 0 Å². The number of rotatable bonds is 9. The van der Waals surface area contributed by atoms with Gasteiger partial charge in [0.2, 0.25) is 0 Å². The smallest absolute Gasteiger partial charge is 0.316 e. The maximum atomic E-state index is 12.5. The van der Waals surface area contributed by atoms with Crippen molar-refractivity contribution in [3.63, 3.8) is 0 Å². The molecule has 25 heavy (non-hydrogen) atoms. The second-order valence-electron chi connectivity index (χ2n) is 6.66. The van der Waals surface area contributed by atoms with Crippen molar-refractivity contribution < 1.29 is 19.1 Å². The molecule has 0 aromatic heterocycles. The summed E-state index contributed by atoms with van der Waals surface area (Å²) in [5.41, 5.74) is 1.02. The van der Waals surface area contributed by atoms with Gasteiger partial charge < -0.3 is 9.47 Å². The van der Waals surface area contributed by atoms with E-state index in [1.165, 1.54) is 0 Å². The molecule has 1 aromatic rings. The van der Waals surface area contributed by atoms with E-state index in [9.17, 15) is 9.59 Å². The van der Waals surface area contributed by atoms with Gasteiger partial charge in [-0.3, -0.25) is 9.59 Å². The number of hydrogen-bond donors (Lipinski definition) is 0. The SMILES string of the molecule is C=C1[C@H](CC(=O)OCc2ccccc2)OC(=O)C1(CC)CCCCC. The van der Waals surface area contributed by atoms with Crippen LogP contribution in [0, 0.1) is 5.41 Å². The predicted molar refractivity (Wildman–Crippen MR) is 96.7 cm³/mol. The molecule has 0 N–H and O–H groups in total. The monoisotopic (exact) mass is 344 g/mol. The first-order valence-electron chi connectivity index (χ1n) is 9.13. The van der Waals surface area contributed by atoms with E-state index >= 15 is 0 Å². The van der Waals surface area contributed by atoms with Crippen molar-refractivity contribution in [2.75, 3.05) is 0 Å². The highest BCUT2D eigenvalue weighted by Crippen LogP contribution is 2.46. The summed E-state index contributed by atoms with van der Waals surface area (Å²) in [5, 5.41) is 0. The van der Waals surface area contributed by atoms with Gasteiger partial charge in [-0.25, -0.2) is 0 Å². The summed E-state index contributed by atoms with van der Waals surface area (Å²) in [7, 11) is 0. The number of carbonyl (C=O) groups is 2. The van der Waals surface area contributed by atoms with Gasteiger partial charge in [-0.2, -0.15) is 0 Å². The molecule has 1 heterocycles. The van der Waals surface area contributed by atoms with Crippen LogP contribution in [0.25, 0.3) is 0 Å². The zero-order valence-electron chi connectivity index (χ0n) is 15.3. The summed E-state index contributed by atoms with van der Waals surface area (Å²) in [6.07, 6.45) is 3.99. The Morgan fingerprint density at radius 2 is 1.96 bits per heavy atom. The van der Waals surface area contributed by atoms with Gasteiger partial charge in [0, 0.05) is 0 Å². The molecule has 1 aliphatic rings. The van der Waals surface area contributed by atoms with Crippen LogP contribution < -0.4 is 0 Å². The van der Waals surface area contributed by atoms with Gasteiger partial charge >= 0.3 is 11.9 Å². The average molecular weight is 344 g/mol. The summed E-state index contributed by atoms with van der Waals surface area (Å²) < 4.78 is 10.8. The summed E-state index contributed by atoms with van der Waals surface area (Å²) in [6, 6.07) is 9.51. The maximum Gasteiger partial charge on any atom is 0.316 e. The first-order chi connectivity index (χ1) is 12.0. The van der Waals surface area contributed by atoms with Gasteiger partial charge in [-0.05, 0) is 24.0 Å². The molecule has 4 nitrogen and oxygen atoms in total. The molecule has 1 fully saturated rings. The van der Waals surface area contributed by atoms with E-state index in [-0.39, 0.29) is 25.0 Å². The van der Waals surface area contributed by atoms with Crippen molar-refractivity contribution >= 4 is 11.9 Å². The molecule has 0 radical (unpaired) electrons. The van der Waals surface area contributed by atoms with Gasteiger partial charge in [0.1, 0.15) is 12.7 Å². The van der Waals surface area contributed by atoms with Crippen molar-refractivity contribution in [2.45, 2.75) is 65.1 Å². The van der Waals surface area contributed by atoms with Crippen molar-refractivity contribution in [3.8, 4) is 0 Å². The highest BCUT2D eigenvalue weighted by molar-refractivity contribution is 5.85. The van der Waals surface area contributed by atoms with Crippen LogP contribution in [0.15, 0.2) is 42.5 Å². The summed E-state index contributed by atoms with van der Waals surface area (Å²) in [6.45, 7) is 8.44. The van der Waals surface area contributed by atoms with Gasteiger partial charge in [0.15, 0.2) is 0 Å². The summed E-state index contributed by atoms with van der Waals surface area (Å²) in [4.78, 5) is 24.6. The summed E-state index contributed by atoms with van der Waals surface area (Å²) >= 11 is 0. The Morgan fingerprint density at radius 1 is 1.24 bits per heavy atom. The van der Waals surface area contributed by atoms with E-state index in [0.717, 1.165) is 36.8 Å². The Labute approximate surface area is 150 Å². The molecule has 136 valence electrons. The zero-order chi connectivity index (χ0) is 18.3. The quantitative estimate of drug-likeness (QED) is 0.374. The molecule has 0 aliphatic carbocycles. The second kappa shape index (κ2) is 8.84. The van der Waals surface area contributed by atoms with Crippen LogP contribution in [0.4, 0.5) is 0 Å². The number of benzene rings is 1. The highest BCUT2D eigenvalue weighted by Gasteiger charge is 2.51. The first-order valence-corrected chi connectivity index (χ1v) is 9.13. The molecule has 1 saturated heterocycles. The molecule has 0 amide bonds. The van der Waals surface area contributed by atoms with Crippen LogP contribution in [-0.2, 0) is 25.7 Å². The van der Waals surface area contributed by atoms with Crippen LogP contribution in [0.3, 0.4) is 0 Å². The molecule has 1 aliphatic heterocycles. The third-order valence-corrected chi connectivity index (χ3v) is 5.05. The lowest BCUT2D eigenvalue weighted by molar-refractivity contribution is -0.153. The Balaban J connectivity index is 1.92. The molecular formula is C21H28O4. The Kier molecular flexibility index (Phi) is 6.80. The lowest BCUT2D eigenvalue weighted by Crippen LogP contribution is -2.27. The van der Waals surface area contributed by atoms with Crippen LogP contribution >= 0.6 is 0 Å². The second-order valence-corrected chi connectivity index (χ2v) is 6.66. The molecule has 2 rings (SSSR count). The lowest BCUT2D eigenvalue weighted by atomic mass is 9.74. The average Bonchev–Trinajstić information content (AvgIpc) is 2.85. The zero-order valence-corrected chi connectivity index (χ0v) is 15.3. The number of esters is 2. The van der Waals surface area contributed by atoms with Crippen molar-refractivity contribution in [3.05, 3.63) is 48.0 Å². The van der Waals surface area contributed by atoms with Gasteiger partial charge in [0.25, 0.3) is 0 Å². The fourth-order valence-electron chi connectivity index (χ4n) is 3.35. The predicted octanol–water partition coefficient (Wildman–Crippen LogP) is 4.58. The Bertz CT molecular complexity index is 608. The Hall–Kier alpha value is -2.10. The largest absolute Gasteiger partial charge is 0.461 e. The number of ether oxygens (including phenoxy) is 2. The Morgan fingerprint density at radius 3 is 2.60 bits per heavy atom. The highest BCUT2D eigenvalue weighted by atomic mass is 16.6. The van der Waals surface area contributed by atoms with Crippen LogP contribution in [-0.4, -0.2) is 18.0 Å². The topological polar surface area (TPSA) is 52.6 Å². The van der Waals surface area contributed by atoms with E-state index < -0.39 is 11.5 Å². The van der Waals surface area contributed by atoms with E-state index in [2.05, 4.69) is 13.5 Å². The molecule has 0 spiro atoms. The third-order valence-electron chi connectivity index (χ3n) is 5.05. The fraction of sp³-hybridized carbons (Fsp3) is 0.524. The normalized spacial score (nSPS) is 22.7. The summed E-state index contributed by atoms with van der Waals surface area (Å²) in [5.74, 6) is -0.611. The maximum absolute atomic E-state index is 12.5. The van der Waals surface area contributed by atoms with Crippen molar-refractivity contribution in [1.82, 2.24) is 0 Å². The molecule has 0 bridgehead atoms. The molecular weight excluding hydrogens is 316 g/mol. The number of carbonyl (C=O) groups excluding carboxylic acids is 2. The lowest BCUT2D eigenvalue weighted by Gasteiger charge is -2.24. The number of cyclic esters (lactones) is 1. The number of hydrogen-bond acceptors (Lipinski definition) is 4. The van der Waals surface area contributed by atoms with Gasteiger partial charge in [-0.1, -0.05) is 70.0 Å². The third kappa shape index (κ3) is 4.50. The molecule has 4 heteroatoms. The minimum atomic E-state index is -0.639. The first kappa shape index (κ1) is 19.2. The molecule has 2 atom stereocenters. The van der Waals surface area contributed by atoms with Crippen LogP contribution in [0.1, 0.15) is 57.9 Å². The van der Waals surface area contributed by atoms with Crippen molar-refractivity contribution in [2.24, 2.45) is 5.41 Å². The minimum absolute atomic E-state index is 0.0347. The van der Waals surface area contributed by atoms with Gasteiger partial charge in [0.05, 0.1) is 11.8 Å². The molecule has 1 unspecified atom stereocenters. The van der Waals surface area contributed by atoms with Crippen molar-refractivity contribution in [1.29, 1.82) is 0 Å². The van der Waals surface area contributed by atoms with Crippen LogP contribution in [0.2, 0.25) is 0 Å². The van der Waals surface area contributed by atoms with E-state index in [0.29, 0.717) is 6.42 Å². The van der Waals surface area contributed by atoms with Gasteiger partial charge in [-0.15, -0.1) is 0 Å².